The highest BCUT2D eigenvalue weighted by molar-refractivity contribution is 6.00. The Morgan fingerprint density at radius 2 is 1.76 bits per heavy atom. The van der Waals surface area contributed by atoms with E-state index in [1.54, 1.807) is 49.3 Å². The molecular formula is C32H32F3N7O4. The van der Waals surface area contributed by atoms with Gasteiger partial charge in [0.15, 0.2) is 0 Å². The molecule has 5 rings (SSSR count). The van der Waals surface area contributed by atoms with E-state index in [4.69, 9.17) is 4.74 Å². The molecule has 0 saturated heterocycles. The molecule has 1 aliphatic rings. The molecule has 1 aliphatic carbocycles. The molecule has 0 aliphatic heterocycles. The summed E-state index contributed by atoms with van der Waals surface area (Å²) < 4.78 is 50.2. The van der Waals surface area contributed by atoms with Crippen molar-refractivity contribution >= 4 is 11.9 Å². The van der Waals surface area contributed by atoms with E-state index < -0.39 is 23.2 Å². The van der Waals surface area contributed by atoms with E-state index in [0.29, 0.717) is 42.6 Å². The number of likely N-dealkylation sites (N-methyl/N-ethyl adjacent to an activating group) is 1. The molecule has 1 fully saturated rings. The molecule has 2 aromatic carbocycles. The number of hydrogen-bond donors (Lipinski definition) is 1. The number of ether oxygens (including phenoxy) is 1. The van der Waals surface area contributed by atoms with Crippen molar-refractivity contribution in [2.75, 3.05) is 20.6 Å². The summed E-state index contributed by atoms with van der Waals surface area (Å²) in [5, 5.41) is 16.5. The Labute approximate surface area is 262 Å². The van der Waals surface area contributed by atoms with Crippen LogP contribution in [0.15, 0.2) is 65.6 Å². The molecule has 0 atom stereocenters. The first-order valence-electron chi connectivity index (χ1n) is 14.6. The number of esters is 1. The summed E-state index contributed by atoms with van der Waals surface area (Å²) in [6.45, 7) is 0.157. The third-order valence-corrected chi connectivity index (χ3v) is 7.79. The SMILES string of the molecule is CN(C)CC(=O)OC1CCC(NC(=O)c2c(-c3ccnn3-c3ccc(C#N)cc3)n(C)n(-c3cccc(C(F)(F)F)c3)c2=O)CC1. The molecule has 11 nitrogen and oxygen atoms in total. The Bertz CT molecular complexity index is 1840. The van der Waals surface area contributed by atoms with Gasteiger partial charge in [-0.05, 0) is 88.3 Å². The van der Waals surface area contributed by atoms with E-state index in [-0.39, 0.29) is 41.6 Å². The normalized spacial score (nSPS) is 16.7. The van der Waals surface area contributed by atoms with Gasteiger partial charge in [0.1, 0.15) is 17.4 Å². The molecule has 0 radical (unpaired) electrons. The minimum atomic E-state index is -4.65. The number of alkyl halides is 3. The van der Waals surface area contributed by atoms with Crippen LogP contribution < -0.4 is 10.9 Å². The van der Waals surface area contributed by atoms with Crippen LogP contribution in [0.2, 0.25) is 0 Å². The largest absolute Gasteiger partial charge is 0.461 e. The summed E-state index contributed by atoms with van der Waals surface area (Å²) in [4.78, 5) is 41.7. The number of carbonyl (C=O) groups excluding carboxylic acids is 2. The lowest BCUT2D eigenvalue weighted by molar-refractivity contribution is -0.151. The molecule has 1 amide bonds. The fourth-order valence-electron chi connectivity index (χ4n) is 5.64. The number of nitriles is 1. The molecule has 2 heterocycles. The van der Waals surface area contributed by atoms with Crippen molar-refractivity contribution in [3.05, 3.63) is 87.8 Å². The van der Waals surface area contributed by atoms with Gasteiger partial charge < -0.3 is 10.1 Å². The van der Waals surface area contributed by atoms with Crippen LogP contribution in [0.25, 0.3) is 22.8 Å². The predicted molar refractivity (Wildman–Crippen MR) is 161 cm³/mol. The lowest BCUT2D eigenvalue weighted by Gasteiger charge is -2.29. The van der Waals surface area contributed by atoms with Crippen molar-refractivity contribution in [3.8, 4) is 28.8 Å². The highest BCUT2D eigenvalue weighted by atomic mass is 19.4. The van der Waals surface area contributed by atoms with Gasteiger partial charge in [0.2, 0.25) is 0 Å². The molecule has 240 valence electrons. The van der Waals surface area contributed by atoms with Crippen molar-refractivity contribution in [1.82, 2.24) is 29.4 Å². The molecule has 0 bridgehead atoms. The highest BCUT2D eigenvalue weighted by Gasteiger charge is 2.33. The monoisotopic (exact) mass is 635 g/mol. The van der Waals surface area contributed by atoms with Crippen LogP contribution in [-0.2, 0) is 22.8 Å². The van der Waals surface area contributed by atoms with Crippen molar-refractivity contribution in [2.45, 2.75) is 44.0 Å². The summed E-state index contributed by atoms with van der Waals surface area (Å²) in [5.74, 6) is -1.03. The summed E-state index contributed by atoms with van der Waals surface area (Å²) in [5.41, 5.74) is -0.689. The lowest BCUT2D eigenvalue weighted by Crippen LogP contribution is -2.41. The van der Waals surface area contributed by atoms with E-state index in [9.17, 15) is 32.8 Å². The molecule has 4 aromatic rings. The number of aromatic nitrogens is 4. The van der Waals surface area contributed by atoms with Gasteiger partial charge in [0.25, 0.3) is 11.5 Å². The standard InChI is InChI=1S/C32H32F3N7O4/c1-39(2)19-27(43)46-25-13-9-22(10-14-25)38-30(44)28-29(26-15-16-37-41(26)23-11-7-20(18-36)8-12-23)40(3)42(31(28)45)24-6-4-5-21(17-24)32(33,34)35/h4-8,11-12,15-17,22,25H,9-10,13-14,19H2,1-3H3,(H,38,44). The van der Waals surface area contributed by atoms with Crippen LogP contribution >= 0.6 is 0 Å². The Kier molecular flexibility index (Phi) is 9.15. The average Bonchev–Trinajstić information content (AvgIpc) is 3.59. The molecule has 0 spiro atoms. The van der Waals surface area contributed by atoms with Crippen molar-refractivity contribution in [1.29, 1.82) is 5.26 Å². The maximum atomic E-state index is 14.0. The fraction of sp³-hybridized carbons (Fsp3) is 0.344. The third kappa shape index (κ3) is 6.74. The maximum absolute atomic E-state index is 14.0. The Balaban J connectivity index is 1.52. The third-order valence-electron chi connectivity index (χ3n) is 7.79. The Hall–Kier alpha value is -5.16. The number of amides is 1. The van der Waals surface area contributed by atoms with E-state index in [1.165, 1.54) is 34.7 Å². The second kappa shape index (κ2) is 13.1. The maximum Gasteiger partial charge on any atom is 0.416 e. The van der Waals surface area contributed by atoms with E-state index in [2.05, 4.69) is 10.4 Å². The quantitative estimate of drug-likeness (QED) is 0.289. The molecule has 1 N–H and O–H groups in total. The van der Waals surface area contributed by atoms with Crippen molar-refractivity contribution in [2.24, 2.45) is 7.05 Å². The van der Waals surface area contributed by atoms with Crippen LogP contribution in [0.3, 0.4) is 0 Å². The van der Waals surface area contributed by atoms with Gasteiger partial charge in [0.05, 0.1) is 47.0 Å². The van der Waals surface area contributed by atoms with Gasteiger partial charge >= 0.3 is 12.1 Å². The van der Waals surface area contributed by atoms with Crippen molar-refractivity contribution in [3.63, 3.8) is 0 Å². The second-order valence-electron chi connectivity index (χ2n) is 11.4. The summed E-state index contributed by atoms with van der Waals surface area (Å²) in [7, 11) is 5.02. The van der Waals surface area contributed by atoms with E-state index in [0.717, 1.165) is 16.8 Å². The number of benzene rings is 2. The van der Waals surface area contributed by atoms with Crippen LogP contribution in [0.1, 0.15) is 47.2 Å². The summed E-state index contributed by atoms with van der Waals surface area (Å²) in [6.07, 6.45) is -1.43. The highest BCUT2D eigenvalue weighted by Crippen LogP contribution is 2.32. The number of nitrogens with one attached hydrogen (secondary N) is 1. The van der Waals surface area contributed by atoms with E-state index in [1.807, 2.05) is 6.07 Å². The number of rotatable bonds is 8. The number of nitrogens with zero attached hydrogens (tertiary/aromatic N) is 6. The summed E-state index contributed by atoms with van der Waals surface area (Å²) in [6, 6.07) is 14.1. The van der Waals surface area contributed by atoms with Gasteiger partial charge in [-0.1, -0.05) is 6.07 Å². The van der Waals surface area contributed by atoms with Gasteiger partial charge in [-0.3, -0.25) is 24.0 Å². The first-order chi connectivity index (χ1) is 21.9. The number of hydrogen-bond acceptors (Lipinski definition) is 7. The second-order valence-corrected chi connectivity index (χ2v) is 11.4. The minimum Gasteiger partial charge on any atom is -0.461 e. The Morgan fingerprint density at radius 3 is 2.39 bits per heavy atom. The molecule has 1 saturated carbocycles. The smallest absolute Gasteiger partial charge is 0.416 e. The first kappa shape index (κ1) is 32.2. The molecule has 46 heavy (non-hydrogen) atoms. The van der Waals surface area contributed by atoms with E-state index >= 15 is 0 Å². The summed E-state index contributed by atoms with van der Waals surface area (Å²) >= 11 is 0. The molecule has 14 heteroatoms. The average molecular weight is 636 g/mol. The first-order valence-corrected chi connectivity index (χ1v) is 14.6. The van der Waals surface area contributed by atoms with Gasteiger partial charge in [-0.15, -0.1) is 0 Å². The van der Waals surface area contributed by atoms with Crippen molar-refractivity contribution < 1.29 is 27.5 Å². The van der Waals surface area contributed by atoms with Gasteiger partial charge in [-0.25, -0.2) is 9.36 Å². The lowest BCUT2D eigenvalue weighted by atomic mass is 9.92. The number of carbonyl (C=O) groups is 2. The molecule has 0 unspecified atom stereocenters. The zero-order valence-corrected chi connectivity index (χ0v) is 25.4. The zero-order chi connectivity index (χ0) is 33.2. The minimum absolute atomic E-state index is 0.0767. The van der Waals surface area contributed by atoms with Gasteiger partial charge in [-0.2, -0.15) is 23.5 Å². The van der Waals surface area contributed by atoms with Crippen LogP contribution in [0.4, 0.5) is 13.2 Å². The Morgan fingerprint density at radius 1 is 1.07 bits per heavy atom. The molecule has 2 aromatic heterocycles. The topological polar surface area (TPSA) is 127 Å². The molecular weight excluding hydrogens is 603 g/mol. The van der Waals surface area contributed by atoms with Gasteiger partial charge in [0, 0.05) is 13.1 Å². The fourth-order valence-corrected chi connectivity index (χ4v) is 5.64. The van der Waals surface area contributed by atoms with Crippen LogP contribution in [0.5, 0.6) is 0 Å². The predicted octanol–water partition coefficient (Wildman–Crippen LogP) is 4.06. The zero-order valence-electron chi connectivity index (χ0n) is 25.4. The van der Waals surface area contributed by atoms with Crippen LogP contribution in [-0.4, -0.2) is 68.7 Å². The van der Waals surface area contributed by atoms with Crippen LogP contribution in [0, 0.1) is 11.3 Å². The number of halogens is 3.